The molecule has 18 heavy (non-hydrogen) atoms. The third kappa shape index (κ3) is 2.21. The van der Waals surface area contributed by atoms with Crippen LogP contribution in [-0.2, 0) is 17.8 Å². The topological polar surface area (TPSA) is 47.0 Å². The van der Waals surface area contributed by atoms with E-state index in [9.17, 15) is 0 Å². The summed E-state index contributed by atoms with van der Waals surface area (Å²) < 4.78 is 5.50. The van der Waals surface area contributed by atoms with Crippen molar-refractivity contribution in [3.8, 4) is 0 Å². The van der Waals surface area contributed by atoms with E-state index in [0.29, 0.717) is 12.5 Å². The minimum atomic E-state index is 0.569. The predicted molar refractivity (Wildman–Crippen MR) is 70.8 cm³/mol. The monoisotopic (exact) mass is 247 g/mol. The quantitative estimate of drug-likeness (QED) is 0.872. The van der Waals surface area contributed by atoms with Crippen LogP contribution in [0.3, 0.4) is 0 Å². The summed E-state index contributed by atoms with van der Waals surface area (Å²) in [4.78, 5) is 9.54. The van der Waals surface area contributed by atoms with Gasteiger partial charge in [0.2, 0.25) is 0 Å². The summed E-state index contributed by atoms with van der Waals surface area (Å²) in [5.41, 5.74) is 2.35. The Morgan fingerprint density at radius 2 is 2.00 bits per heavy atom. The van der Waals surface area contributed by atoms with E-state index in [0.717, 1.165) is 30.2 Å². The Bertz CT molecular complexity index is 410. The van der Waals surface area contributed by atoms with Gasteiger partial charge in [0.05, 0.1) is 18.9 Å². The zero-order valence-corrected chi connectivity index (χ0v) is 11.0. The van der Waals surface area contributed by atoms with Gasteiger partial charge in [-0.2, -0.15) is 0 Å². The minimum Gasteiger partial charge on any atom is -0.376 e. The Morgan fingerprint density at radius 1 is 1.17 bits per heavy atom. The van der Waals surface area contributed by atoms with Gasteiger partial charge in [-0.1, -0.05) is 19.3 Å². The molecule has 1 N–H and O–H groups in total. The van der Waals surface area contributed by atoms with Gasteiger partial charge in [-0.25, -0.2) is 9.97 Å². The fraction of sp³-hybridized carbons (Fsp3) is 0.714. The molecule has 2 aliphatic rings. The number of rotatable bonds is 2. The third-order valence-corrected chi connectivity index (χ3v) is 4.05. The number of nitrogens with zero attached hydrogens (tertiary/aromatic N) is 2. The largest absolute Gasteiger partial charge is 0.376 e. The standard InChI is InChI=1S/C14H21N3O/c1-15-14-11-9-18-8-7-12(11)16-13(17-14)10-5-3-2-4-6-10/h10H,2-9H2,1H3,(H,15,16,17). The lowest BCUT2D eigenvalue weighted by Crippen LogP contribution is -2.19. The molecule has 2 heterocycles. The third-order valence-electron chi connectivity index (χ3n) is 4.05. The molecule has 0 saturated heterocycles. The highest BCUT2D eigenvalue weighted by molar-refractivity contribution is 5.47. The smallest absolute Gasteiger partial charge is 0.135 e. The summed E-state index contributed by atoms with van der Waals surface area (Å²) in [5, 5.41) is 3.20. The summed E-state index contributed by atoms with van der Waals surface area (Å²) in [7, 11) is 1.93. The maximum atomic E-state index is 5.50. The predicted octanol–water partition coefficient (Wildman–Crippen LogP) is 2.64. The fourth-order valence-electron chi connectivity index (χ4n) is 3.00. The van der Waals surface area contributed by atoms with Gasteiger partial charge in [0.1, 0.15) is 11.6 Å². The molecule has 0 radical (unpaired) electrons. The van der Waals surface area contributed by atoms with Crippen LogP contribution in [0.1, 0.15) is 55.1 Å². The Kier molecular flexibility index (Phi) is 3.46. The summed E-state index contributed by atoms with van der Waals surface area (Å²) in [6.07, 6.45) is 7.43. The molecule has 0 atom stereocenters. The molecule has 1 saturated carbocycles. The summed E-state index contributed by atoms with van der Waals surface area (Å²) in [6, 6.07) is 0. The Morgan fingerprint density at radius 3 is 2.78 bits per heavy atom. The van der Waals surface area contributed by atoms with Crippen LogP contribution in [0.25, 0.3) is 0 Å². The van der Waals surface area contributed by atoms with Crippen molar-refractivity contribution in [3.05, 3.63) is 17.1 Å². The first-order chi connectivity index (χ1) is 8.88. The maximum Gasteiger partial charge on any atom is 0.135 e. The lowest BCUT2D eigenvalue weighted by atomic mass is 9.88. The number of anilines is 1. The lowest BCUT2D eigenvalue weighted by Gasteiger charge is -2.24. The molecule has 0 unspecified atom stereocenters. The summed E-state index contributed by atoms with van der Waals surface area (Å²) in [6.45, 7) is 1.44. The van der Waals surface area contributed by atoms with Crippen LogP contribution in [-0.4, -0.2) is 23.6 Å². The van der Waals surface area contributed by atoms with Crippen molar-refractivity contribution in [1.29, 1.82) is 0 Å². The van der Waals surface area contributed by atoms with E-state index >= 15 is 0 Å². The zero-order chi connectivity index (χ0) is 12.4. The van der Waals surface area contributed by atoms with Crippen molar-refractivity contribution in [2.75, 3.05) is 19.0 Å². The van der Waals surface area contributed by atoms with Crippen LogP contribution in [0.15, 0.2) is 0 Å². The van der Waals surface area contributed by atoms with Gasteiger partial charge in [0.25, 0.3) is 0 Å². The normalized spacial score (nSPS) is 20.5. The zero-order valence-electron chi connectivity index (χ0n) is 11.0. The second-order valence-electron chi connectivity index (χ2n) is 5.24. The molecule has 1 aromatic rings. The molecule has 4 heteroatoms. The summed E-state index contributed by atoms with van der Waals surface area (Å²) >= 11 is 0. The molecule has 1 aromatic heterocycles. The molecule has 4 nitrogen and oxygen atoms in total. The van der Waals surface area contributed by atoms with E-state index in [1.807, 2.05) is 7.05 Å². The number of ether oxygens (including phenoxy) is 1. The van der Waals surface area contributed by atoms with Crippen molar-refractivity contribution < 1.29 is 4.74 Å². The second kappa shape index (κ2) is 5.22. The van der Waals surface area contributed by atoms with Gasteiger partial charge in [-0.15, -0.1) is 0 Å². The molecule has 1 aliphatic heterocycles. The van der Waals surface area contributed by atoms with Crippen molar-refractivity contribution >= 4 is 5.82 Å². The van der Waals surface area contributed by atoms with Crippen molar-refractivity contribution in [2.24, 2.45) is 0 Å². The highest BCUT2D eigenvalue weighted by Gasteiger charge is 2.23. The number of aromatic nitrogens is 2. The van der Waals surface area contributed by atoms with E-state index in [1.54, 1.807) is 0 Å². The van der Waals surface area contributed by atoms with Crippen LogP contribution in [0, 0.1) is 0 Å². The highest BCUT2D eigenvalue weighted by atomic mass is 16.5. The Labute approximate surface area is 108 Å². The minimum absolute atomic E-state index is 0.569. The molecular weight excluding hydrogens is 226 g/mol. The molecular formula is C14H21N3O. The van der Waals surface area contributed by atoms with Crippen molar-refractivity contribution in [2.45, 2.75) is 51.0 Å². The Balaban J connectivity index is 1.94. The molecule has 0 aromatic carbocycles. The van der Waals surface area contributed by atoms with Gasteiger partial charge in [0.15, 0.2) is 0 Å². The maximum absolute atomic E-state index is 5.50. The lowest BCUT2D eigenvalue weighted by molar-refractivity contribution is 0.109. The van der Waals surface area contributed by atoms with E-state index in [-0.39, 0.29) is 0 Å². The first-order valence-electron chi connectivity index (χ1n) is 7.03. The molecule has 0 amide bonds. The van der Waals surface area contributed by atoms with Crippen LogP contribution in [0.2, 0.25) is 0 Å². The van der Waals surface area contributed by atoms with Crippen molar-refractivity contribution in [3.63, 3.8) is 0 Å². The summed E-state index contributed by atoms with van der Waals surface area (Å²) in [5.74, 6) is 2.60. The van der Waals surface area contributed by atoms with Gasteiger partial charge < -0.3 is 10.1 Å². The van der Waals surface area contributed by atoms with Crippen molar-refractivity contribution in [1.82, 2.24) is 9.97 Å². The van der Waals surface area contributed by atoms with Crippen LogP contribution < -0.4 is 5.32 Å². The van der Waals surface area contributed by atoms with Crippen LogP contribution in [0.5, 0.6) is 0 Å². The van der Waals surface area contributed by atoms with Gasteiger partial charge in [0, 0.05) is 24.9 Å². The number of fused-ring (bicyclic) bond motifs is 1. The number of hydrogen-bond donors (Lipinski definition) is 1. The van der Waals surface area contributed by atoms with Gasteiger partial charge in [-0.3, -0.25) is 0 Å². The molecule has 98 valence electrons. The Hall–Kier alpha value is -1.16. The van der Waals surface area contributed by atoms with E-state index in [1.165, 1.54) is 37.8 Å². The van der Waals surface area contributed by atoms with Crippen LogP contribution in [0.4, 0.5) is 5.82 Å². The van der Waals surface area contributed by atoms with E-state index in [2.05, 4.69) is 5.32 Å². The second-order valence-corrected chi connectivity index (χ2v) is 5.24. The average Bonchev–Trinajstić information content (AvgIpc) is 2.47. The molecule has 1 aliphatic carbocycles. The average molecular weight is 247 g/mol. The van der Waals surface area contributed by atoms with Gasteiger partial charge >= 0.3 is 0 Å². The molecule has 0 spiro atoms. The fourth-order valence-corrected chi connectivity index (χ4v) is 3.00. The van der Waals surface area contributed by atoms with E-state index < -0.39 is 0 Å². The van der Waals surface area contributed by atoms with Gasteiger partial charge in [-0.05, 0) is 12.8 Å². The van der Waals surface area contributed by atoms with E-state index in [4.69, 9.17) is 14.7 Å². The number of hydrogen-bond acceptors (Lipinski definition) is 4. The molecule has 0 bridgehead atoms. The molecule has 1 fully saturated rings. The van der Waals surface area contributed by atoms with Crippen LogP contribution >= 0.6 is 0 Å². The number of nitrogens with one attached hydrogen (secondary N) is 1. The SMILES string of the molecule is CNc1nc(C2CCCCC2)nc2c1COCC2. The molecule has 3 rings (SSSR count). The first-order valence-corrected chi connectivity index (χ1v) is 7.03. The first kappa shape index (κ1) is 11.9. The highest BCUT2D eigenvalue weighted by Crippen LogP contribution is 2.33.